The van der Waals surface area contributed by atoms with Gasteiger partial charge in [-0.2, -0.15) is 10.2 Å². The zero-order valence-corrected chi connectivity index (χ0v) is 36.3. The van der Waals surface area contributed by atoms with Gasteiger partial charge in [0.15, 0.2) is 22.9 Å². The number of fused-ring (bicyclic) bond motifs is 4. The van der Waals surface area contributed by atoms with E-state index in [9.17, 15) is 32.8 Å². The number of likely N-dealkylation sites (tertiary alicyclic amines) is 1. The van der Waals surface area contributed by atoms with Gasteiger partial charge in [-0.15, -0.1) is 0 Å². The highest BCUT2D eigenvalue weighted by Crippen LogP contribution is 2.39. The number of hydrogen-bond acceptors (Lipinski definition) is 13. The lowest BCUT2D eigenvalue weighted by Gasteiger charge is -2.37. The minimum Gasteiger partial charge on any atom is -0.384 e. The number of anilines is 3. The number of ether oxygens (including phenoxy) is 2. The maximum atomic E-state index is 14.3. The molecule has 5 atom stereocenters. The molecule has 1 aromatic carbocycles. The van der Waals surface area contributed by atoms with Gasteiger partial charge in [-0.3, -0.25) is 34.0 Å². The van der Waals surface area contributed by atoms with Gasteiger partial charge in [-0.1, -0.05) is 12.1 Å². The Morgan fingerprint density at radius 1 is 1.00 bits per heavy atom. The molecule has 7 heterocycles. The summed E-state index contributed by atoms with van der Waals surface area (Å²) in [5.74, 6) is -3.03. The Bertz CT molecular complexity index is 2500. The van der Waals surface area contributed by atoms with Crippen LogP contribution in [0.15, 0.2) is 42.9 Å². The Hall–Kier alpha value is -5.66. The summed E-state index contributed by atoms with van der Waals surface area (Å²) >= 11 is 0. The lowest BCUT2D eigenvalue weighted by Crippen LogP contribution is -2.46. The summed E-state index contributed by atoms with van der Waals surface area (Å²) in [5.41, 5.74) is 1.26. The number of carbonyl (C=O) groups excluding carboxylic acids is 5. The van der Waals surface area contributed by atoms with Crippen LogP contribution < -0.4 is 20.9 Å². The van der Waals surface area contributed by atoms with E-state index in [1.807, 2.05) is 13.0 Å². The number of halogens is 2. The number of amides is 3. The van der Waals surface area contributed by atoms with Crippen molar-refractivity contribution in [1.82, 2.24) is 34.6 Å². The zero-order valence-electron chi connectivity index (χ0n) is 36.3. The van der Waals surface area contributed by atoms with Crippen LogP contribution >= 0.6 is 0 Å². The van der Waals surface area contributed by atoms with Gasteiger partial charge >= 0.3 is 0 Å². The van der Waals surface area contributed by atoms with E-state index >= 15 is 0 Å². The Morgan fingerprint density at radius 2 is 1.82 bits per heavy atom. The molecule has 3 N–H and O–H groups in total. The fraction of sp³-hybridized carbons (Fsp3) is 0.565. The van der Waals surface area contributed by atoms with Gasteiger partial charge in [0.1, 0.15) is 11.4 Å². The molecule has 17 nitrogen and oxygen atoms in total. The largest absolute Gasteiger partial charge is 0.384 e. The predicted octanol–water partition coefficient (Wildman–Crippen LogP) is 5.24. The molecule has 0 spiro atoms. The van der Waals surface area contributed by atoms with Crippen molar-refractivity contribution in [3.63, 3.8) is 0 Å². The average Bonchev–Trinajstić information content (AvgIpc) is 4.15. The molecule has 2 unspecified atom stereocenters. The first-order chi connectivity index (χ1) is 31.5. The minimum atomic E-state index is -2.87. The highest BCUT2D eigenvalue weighted by molar-refractivity contribution is 6.30. The summed E-state index contributed by atoms with van der Waals surface area (Å²) in [4.78, 5) is 73.9. The number of benzene rings is 1. The second-order valence-corrected chi connectivity index (χ2v) is 18.6. The van der Waals surface area contributed by atoms with Crippen LogP contribution in [0.25, 0.3) is 5.65 Å². The molecule has 2 aliphatic carbocycles. The third-order valence-corrected chi connectivity index (χ3v) is 14.4. The molecule has 19 heteroatoms. The van der Waals surface area contributed by atoms with Crippen LogP contribution in [0.3, 0.4) is 0 Å². The molecule has 5 fully saturated rings. The average molecular weight is 897 g/mol. The van der Waals surface area contributed by atoms with E-state index < -0.39 is 35.8 Å². The van der Waals surface area contributed by atoms with Crippen molar-refractivity contribution >= 4 is 52.1 Å². The molecule has 0 radical (unpaired) electrons. The number of nitrogens with zero attached hydrogens (tertiary/aromatic N) is 7. The summed E-state index contributed by atoms with van der Waals surface area (Å²) in [5, 5.41) is 16.9. The standard InChI is InChI=1S/C46H54F2N10O7/c1-25(11-15-49-34-4-2-3-31-38(34)42(61)39(41(31)60)32-9-10-37(59)53-45(32)62)65-29-12-16-55(17-13-29)21-26-5-7-27(8-6-26)58-23-35(40(54-58)43(47)48)51-46(63)33-20-50-57-18-14-36(52-44(33)57)56-22-30-19-28(56)24-64-30/h2-4,14,18,20,23,25-30,32,39,43,49H,5-13,15-17,19,21-22,24H2,1H3,(H,51,63)(H,53,59,62)/t25-,26-,27-,28-,30-,32?,39?/m1/s1. The van der Waals surface area contributed by atoms with Crippen molar-refractivity contribution in [2.75, 3.05) is 54.9 Å². The van der Waals surface area contributed by atoms with E-state index in [-0.39, 0.29) is 72.0 Å². The molecule has 344 valence electrons. The number of hydrogen-bond donors (Lipinski definition) is 3. The van der Waals surface area contributed by atoms with Crippen LogP contribution in [-0.2, 0) is 19.1 Å². The summed E-state index contributed by atoms with van der Waals surface area (Å²) in [6.45, 7) is 6.76. The topological polar surface area (TPSA) is 194 Å². The maximum absolute atomic E-state index is 14.3. The quantitative estimate of drug-likeness (QED) is 0.110. The number of aromatic nitrogens is 5. The van der Waals surface area contributed by atoms with E-state index in [0.29, 0.717) is 48.0 Å². The van der Waals surface area contributed by atoms with Crippen molar-refractivity contribution in [3.8, 4) is 0 Å². The van der Waals surface area contributed by atoms with Crippen LogP contribution in [-0.4, -0.2) is 122 Å². The highest BCUT2D eigenvalue weighted by Gasteiger charge is 2.48. The molecule has 2 bridgehead atoms. The van der Waals surface area contributed by atoms with Crippen molar-refractivity contribution in [3.05, 3.63) is 65.2 Å². The molecule has 6 aliphatic rings. The third-order valence-electron chi connectivity index (χ3n) is 14.4. The predicted molar refractivity (Wildman–Crippen MR) is 232 cm³/mol. The van der Waals surface area contributed by atoms with Crippen LogP contribution in [0.5, 0.6) is 0 Å². The Balaban J connectivity index is 0.666. The lowest BCUT2D eigenvalue weighted by atomic mass is 9.82. The fourth-order valence-corrected chi connectivity index (χ4v) is 10.9. The van der Waals surface area contributed by atoms with Crippen LogP contribution in [0.4, 0.5) is 26.0 Å². The van der Waals surface area contributed by atoms with Crippen molar-refractivity contribution in [2.45, 2.75) is 108 Å². The van der Waals surface area contributed by atoms with E-state index in [1.165, 1.54) is 16.9 Å². The molecule has 65 heavy (non-hydrogen) atoms. The van der Waals surface area contributed by atoms with Crippen molar-refractivity contribution in [2.24, 2.45) is 17.8 Å². The van der Waals surface area contributed by atoms with Crippen LogP contribution in [0.2, 0.25) is 0 Å². The summed E-state index contributed by atoms with van der Waals surface area (Å²) in [6.07, 6.45) is 9.32. The molecule has 4 saturated heterocycles. The highest BCUT2D eigenvalue weighted by atomic mass is 19.3. The first-order valence-corrected chi connectivity index (χ1v) is 23.0. The minimum absolute atomic E-state index is 0.0115. The fourth-order valence-electron chi connectivity index (χ4n) is 10.9. The molecule has 4 aliphatic heterocycles. The van der Waals surface area contributed by atoms with Gasteiger partial charge in [0.2, 0.25) is 11.8 Å². The van der Waals surface area contributed by atoms with Crippen LogP contribution in [0.1, 0.15) is 120 Å². The van der Waals surface area contributed by atoms with E-state index in [2.05, 4.69) is 35.9 Å². The smallest absolute Gasteiger partial charge is 0.284 e. The van der Waals surface area contributed by atoms with E-state index in [4.69, 9.17) is 14.5 Å². The van der Waals surface area contributed by atoms with Gasteiger partial charge in [-0.05, 0) is 82.8 Å². The molecule has 4 aromatic rings. The van der Waals surface area contributed by atoms with Gasteiger partial charge in [0.05, 0.1) is 66.3 Å². The van der Waals surface area contributed by atoms with Gasteiger partial charge in [0, 0.05) is 62.8 Å². The van der Waals surface area contributed by atoms with E-state index in [1.54, 1.807) is 29.1 Å². The summed E-state index contributed by atoms with van der Waals surface area (Å²) < 4.78 is 43.9. The number of carbonyl (C=O) groups is 5. The molecule has 3 amide bonds. The maximum Gasteiger partial charge on any atom is 0.284 e. The third kappa shape index (κ3) is 8.65. The second kappa shape index (κ2) is 18.0. The Kier molecular flexibility index (Phi) is 11.9. The van der Waals surface area contributed by atoms with Crippen molar-refractivity contribution < 1.29 is 42.2 Å². The number of nitrogens with one attached hydrogen (secondary N) is 3. The molecule has 3 aromatic heterocycles. The summed E-state index contributed by atoms with van der Waals surface area (Å²) in [6, 6.07) is 7.17. The normalized spacial score (nSPS) is 26.6. The number of rotatable bonds is 14. The number of ketones is 2. The first kappa shape index (κ1) is 43.2. The lowest BCUT2D eigenvalue weighted by molar-refractivity contribution is -0.137. The van der Waals surface area contributed by atoms with Gasteiger partial charge < -0.3 is 29.9 Å². The zero-order chi connectivity index (χ0) is 44.9. The molecular formula is C46H54F2N10O7. The number of morpholine rings is 1. The van der Waals surface area contributed by atoms with Crippen molar-refractivity contribution in [1.29, 1.82) is 0 Å². The molecule has 1 saturated carbocycles. The van der Waals surface area contributed by atoms with Gasteiger partial charge in [-0.25, -0.2) is 18.3 Å². The number of piperidine rings is 2. The van der Waals surface area contributed by atoms with E-state index in [0.717, 1.165) is 76.9 Å². The van der Waals surface area contributed by atoms with Gasteiger partial charge in [0.25, 0.3) is 12.3 Å². The second-order valence-electron chi connectivity index (χ2n) is 18.6. The SMILES string of the molecule is C[C@H](CCNc1cccc2c1C(=O)C(C1CCC(=O)NC1=O)C2=O)OC1CCN(C[C@H]2CC[C@H](n3cc(NC(=O)c4cnn5ccc(N6C[C@H]7C[C@@H]6CO7)nc45)c(C(F)F)n3)CC2)CC1. The van der Waals surface area contributed by atoms with Crippen LogP contribution in [0, 0.1) is 17.8 Å². The number of imide groups is 1. The Morgan fingerprint density at radius 3 is 2.55 bits per heavy atom. The molecular weight excluding hydrogens is 843 g/mol. The number of alkyl halides is 2. The monoisotopic (exact) mass is 896 g/mol. The molecule has 10 rings (SSSR count). The number of Topliss-reactive ketones (excluding diaryl/α,β-unsaturated/α-hetero) is 2. The Labute approximate surface area is 373 Å². The first-order valence-electron chi connectivity index (χ1n) is 23.0. The summed E-state index contributed by atoms with van der Waals surface area (Å²) in [7, 11) is 0.